The molecule has 7 heteroatoms. The molecular formula is C25H30FN5O. The van der Waals surface area contributed by atoms with Crippen molar-refractivity contribution in [3.05, 3.63) is 48.0 Å². The fourth-order valence-electron chi connectivity index (χ4n) is 5.49. The molecule has 2 aromatic heterocycles. The van der Waals surface area contributed by atoms with E-state index in [2.05, 4.69) is 51.9 Å². The van der Waals surface area contributed by atoms with Crippen molar-refractivity contribution in [2.24, 2.45) is 0 Å². The normalized spacial score (nSPS) is 23.8. The standard InChI is InChI=1S/C25H30FN5O/c1-17-14-29(8-9-30(17)21-15-32-16-21)24-12-20(11-23(26)28-24)31-22-10-19(25(2)6-3-7-25)5-4-18(22)13-27-31/h4-5,10-13,17,21H,3,6-9,14-16H2,1-2H3/t17-/m0/s1. The molecule has 0 bridgehead atoms. The largest absolute Gasteiger partial charge is 0.378 e. The fraction of sp³-hybridized carbons (Fsp3) is 0.520. The third-order valence-corrected chi connectivity index (χ3v) is 7.83. The van der Waals surface area contributed by atoms with E-state index in [9.17, 15) is 4.39 Å². The van der Waals surface area contributed by atoms with E-state index in [1.54, 1.807) is 0 Å². The van der Waals surface area contributed by atoms with E-state index in [1.807, 2.05) is 16.9 Å². The highest BCUT2D eigenvalue weighted by molar-refractivity contribution is 5.81. The van der Waals surface area contributed by atoms with Crippen molar-refractivity contribution < 1.29 is 9.13 Å². The molecule has 0 spiro atoms. The summed E-state index contributed by atoms with van der Waals surface area (Å²) in [6, 6.07) is 11.0. The molecule has 0 N–H and O–H groups in total. The van der Waals surface area contributed by atoms with E-state index < -0.39 is 5.95 Å². The van der Waals surface area contributed by atoms with Crippen LogP contribution in [0.5, 0.6) is 0 Å². The van der Waals surface area contributed by atoms with Gasteiger partial charge in [-0.1, -0.05) is 25.5 Å². The number of benzene rings is 1. The van der Waals surface area contributed by atoms with Gasteiger partial charge in [-0.3, -0.25) is 4.90 Å². The maximum Gasteiger partial charge on any atom is 0.216 e. The van der Waals surface area contributed by atoms with Crippen LogP contribution >= 0.6 is 0 Å². The second-order valence-electron chi connectivity index (χ2n) is 9.97. The van der Waals surface area contributed by atoms with Crippen LogP contribution in [-0.4, -0.2) is 64.6 Å². The molecular weight excluding hydrogens is 405 g/mol. The molecule has 2 aliphatic heterocycles. The van der Waals surface area contributed by atoms with E-state index in [0.29, 0.717) is 17.9 Å². The van der Waals surface area contributed by atoms with Gasteiger partial charge in [-0.15, -0.1) is 0 Å². The van der Waals surface area contributed by atoms with Crippen molar-refractivity contribution in [3.8, 4) is 5.69 Å². The van der Waals surface area contributed by atoms with E-state index in [0.717, 1.165) is 49.4 Å². The van der Waals surface area contributed by atoms with Gasteiger partial charge in [0.15, 0.2) is 0 Å². The molecule has 4 heterocycles. The molecule has 168 valence electrons. The Bertz CT molecular complexity index is 1150. The fourth-order valence-corrected chi connectivity index (χ4v) is 5.49. The predicted octanol–water partition coefficient (Wildman–Crippen LogP) is 3.91. The highest BCUT2D eigenvalue weighted by Crippen LogP contribution is 2.44. The molecule has 0 unspecified atom stereocenters. The average molecular weight is 436 g/mol. The van der Waals surface area contributed by atoms with Gasteiger partial charge in [-0.2, -0.15) is 9.49 Å². The number of nitrogens with zero attached hydrogens (tertiary/aromatic N) is 5. The number of hydrogen-bond donors (Lipinski definition) is 0. The number of hydrogen-bond acceptors (Lipinski definition) is 5. The van der Waals surface area contributed by atoms with Gasteiger partial charge in [-0.25, -0.2) is 9.67 Å². The molecule has 3 fully saturated rings. The number of anilines is 1. The summed E-state index contributed by atoms with van der Waals surface area (Å²) >= 11 is 0. The zero-order valence-corrected chi connectivity index (χ0v) is 18.8. The van der Waals surface area contributed by atoms with Crippen molar-refractivity contribution in [1.29, 1.82) is 0 Å². The van der Waals surface area contributed by atoms with Crippen LogP contribution < -0.4 is 4.90 Å². The number of pyridine rings is 1. The van der Waals surface area contributed by atoms with Gasteiger partial charge in [0, 0.05) is 43.2 Å². The maximum absolute atomic E-state index is 14.7. The molecule has 32 heavy (non-hydrogen) atoms. The van der Waals surface area contributed by atoms with Gasteiger partial charge in [0.2, 0.25) is 5.95 Å². The molecule has 1 aromatic carbocycles. The van der Waals surface area contributed by atoms with E-state index >= 15 is 0 Å². The molecule has 1 saturated carbocycles. The van der Waals surface area contributed by atoms with Gasteiger partial charge in [-0.05, 0) is 36.8 Å². The number of ether oxygens (including phenoxy) is 1. The summed E-state index contributed by atoms with van der Waals surface area (Å²) in [6.07, 6.45) is 5.59. The lowest BCUT2D eigenvalue weighted by Gasteiger charge is -2.46. The Morgan fingerprint density at radius 2 is 1.97 bits per heavy atom. The zero-order valence-electron chi connectivity index (χ0n) is 18.8. The zero-order chi connectivity index (χ0) is 21.9. The van der Waals surface area contributed by atoms with Crippen molar-refractivity contribution in [1.82, 2.24) is 19.7 Å². The van der Waals surface area contributed by atoms with Crippen molar-refractivity contribution in [2.45, 2.75) is 50.6 Å². The number of fused-ring (bicyclic) bond motifs is 1. The van der Waals surface area contributed by atoms with Crippen LogP contribution in [-0.2, 0) is 10.2 Å². The van der Waals surface area contributed by atoms with Crippen LogP contribution in [0.1, 0.15) is 38.7 Å². The van der Waals surface area contributed by atoms with Crippen molar-refractivity contribution in [2.75, 3.05) is 37.7 Å². The molecule has 0 radical (unpaired) electrons. The number of aromatic nitrogens is 3. The van der Waals surface area contributed by atoms with E-state index in [1.165, 1.54) is 30.9 Å². The van der Waals surface area contributed by atoms with Crippen LogP contribution in [0.4, 0.5) is 10.2 Å². The Balaban J connectivity index is 1.32. The Hall–Kier alpha value is -2.51. The topological polar surface area (TPSA) is 46.4 Å². The number of rotatable bonds is 4. The van der Waals surface area contributed by atoms with Gasteiger partial charge in [0.25, 0.3) is 0 Å². The Morgan fingerprint density at radius 1 is 1.12 bits per heavy atom. The molecule has 3 aromatic rings. The van der Waals surface area contributed by atoms with Crippen LogP contribution in [0.15, 0.2) is 36.5 Å². The van der Waals surface area contributed by atoms with Crippen molar-refractivity contribution in [3.63, 3.8) is 0 Å². The number of piperazine rings is 1. The molecule has 1 aliphatic carbocycles. The third-order valence-electron chi connectivity index (χ3n) is 7.83. The minimum atomic E-state index is -0.467. The van der Waals surface area contributed by atoms with Gasteiger partial charge < -0.3 is 9.64 Å². The first kappa shape index (κ1) is 20.1. The smallest absolute Gasteiger partial charge is 0.216 e. The summed E-state index contributed by atoms with van der Waals surface area (Å²) in [5, 5.41) is 5.68. The number of halogens is 1. The van der Waals surface area contributed by atoms with E-state index in [4.69, 9.17) is 4.74 Å². The maximum atomic E-state index is 14.7. The Labute approximate surface area is 188 Å². The molecule has 1 atom stereocenters. The lowest BCUT2D eigenvalue weighted by Crippen LogP contribution is -2.60. The highest BCUT2D eigenvalue weighted by Gasteiger charge is 2.35. The van der Waals surface area contributed by atoms with Crippen LogP contribution in [0.2, 0.25) is 0 Å². The third kappa shape index (κ3) is 3.30. The van der Waals surface area contributed by atoms with E-state index in [-0.39, 0.29) is 5.41 Å². The van der Waals surface area contributed by atoms with Crippen molar-refractivity contribution >= 4 is 16.7 Å². The summed E-state index contributed by atoms with van der Waals surface area (Å²) in [6.45, 7) is 8.80. The predicted molar refractivity (Wildman–Crippen MR) is 123 cm³/mol. The molecule has 6 rings (SSSR count). The van der Waals surface area contributed by atoms with Gasteiger partial charge >= 0.3 is 0 Å². The summed E-state index contributed by atoms with van der Waals surface area (Å²) in [4.78, 5) is 8.94. The highest BCUT2D eigenvalue weighted by atomic mass is 19.1. The van der Waals surface area contributed by atoms with Gasteiger partial charge in [0.05, 0.1) is 36.7 Å². The second kappa shape index (κ2) is 7.52. The summed E-state index contributed by atoms with van der Waals surface area (Å²) < 4.78 is 21.9. The monoisotopic (exact) mass is 435 g/mol. The Kier molecular flexibility index (Phi) is 4.73. The lowest BCUT2D eigenvalue weighted by atomic mass is 9.66. The minimum Gasteiger partial charge on any atom is -0.378 e. The lowest BCUT2D eigenvalue weighted by molar-refractivity contribution is -0.0793. The first-order valence-corrected chi connectivity index (χ1v) is 11.7. The molecule has 6 nitrogen and oxygen atoms in total. The quantitative estimate of drug-likeness (QED) is 0.582. The van der Waals surface area contributed by atoms with Crippen LogP contribution in [0.25, 0.3) is 16.6 Å². The molecule has 2 saturated heterocycles. The Morgan fingerprint density at radius 3 is 2.66 bits per heavy atom. The first-order chi connectivity index (χ1) is 15.5. The molecule has 3 aliphatic rings. The second-order valence-corrected chi connectivity index (χ2v) is 9.97. The van der Waals surface area contributed by atoms with Crippen LogP contribution in [0, 0.1) is 5.95 Å². The van der Waals surface area contributed by atoms with Crippen LogP contribution in [0.3, 0.4) is 0 Å². The summed E-state index contributed by atoms with van der Waals surface area (Å²) in [5.41, 5.74) is 3.34. The van der Waals surface area contributed by atoms with Gasteiger partial charge in [0.1, 0.15) is 5.82 Å². The minimum absolute atomic E-state index is 0.249. The summed E-state index contributed by atoms with van der Waals surface area (Å²) in [7, 11) is 0. The SMILES string of the molecule is C[C@H]1CN(c2cc(-n3ncc4ccc(C5(C)CCC5)cc43)cc(F)n2)CCN1C1COC1. The first-order valence-electron chi connectivity index (χ1n) is 11.7. The molecule has 0 amide bonds. The summed E-state index contributed by atoms with van der Waals surface area (Å²) in [5.74, 6) is 0.216. The average Bonchev–Trinajstić information content (AvgIpc) is 3.15.